The summed E-state index contributed by atoms with van der Waals surface area (Å²) in [6.45, 7) is 0. The molecule has 0 atom stereocenters. The van der Waals surface area contributed by atoms with Crippen molar-refractivity contribution in [3.05, 3.63) is 72.6 Å². The van der Waals surface area contributed by atoms with E-state index in [2.05, 4.69) is 15.3 Å². The van der Waals surface area contributed by atoms with Crippen LogP contribution in [0.3, 0.4) is 0 Å². The lowest BCUT2D eigenvalue weighted by molar-refractivity contribution is 0.0697. The molecule has 0 saturated carbocycles. The second-order valence-electron chi connectivity index (χ2n) is 4.66. The van der Waals surface area contributed by atoms with Crippen LogP contribution in [-0.4, -0.2) is 21.0 Å². The number of hydrogen-bond acceptors (Lipinski definition) is 4. The standard InChI is InChI=1S/C17H13N3O2.ClH/c21-17(22)13-6-8-14(9-7-13)20-16-10-15(18-11-19-16)12-4-2-1-3-5-12;/h1-11H,(H,21,22)(H,18,19,20);1H. The number of nitrogens with one attached hydrogen (secondary N) is 1. The normalized spacial score (nSPS) is 9.74. The van der Waals surface area contributed by atoms with Gasteiger partial charge >= 0.3 is 5.97 Å². The molecule has 116 valence electrons. The third-order valence-electron chi connectivity index (χ3n) is 3.14. The van der Waals surface area contributed by atoms with Crippen molar-refractivity contribution in [2.75, 3.05) is 5.32 Å². The molecule has 0 radical (unpaired) electrons. The summed E-state index contributed by atoms with van der Waals surface area (Å²) in [5.41, 5.74) is 2.84. The Hall–Kier alpha value is -2.92. The van der Waals surface area contributed by atoms with Gasteiger partial charge in [0.1, 0.15) is 12.1 Å². The van der Waals surface area contributed by atoms with Crippen LogP contribution in [0.25, 0.3) is 11.3 Å². The van der Waals surface area contributed by atoms with E-state index in [0.717, 1.165) is 16.9 Å². The van der Waals surface area contributed by atoms with Crippen molar-refractivity contribution in [3.8, 4) is 11.3 Å². The van der Waals surface area contributed by atoms with Gasteiger partial charge in [-0.15, -0.1) is 12.4 Å². The van der Waals surface area contributed by atoms with Crippen LogP contribution in [0.5, 0.6) is 0 Å². The van der Waals surface area contributed by atoms with E-state index in [1.54, 1.807) is 24.3 Å². The highest BCUT2D eigenvalue weighted by Gasteiger charge is 2.04. The maximum atomic E-state index is 10.8. The summed E-state index contributed by atoms with van der Waals surface area (Å²) < 4.78 is 0. The van der Waals surface area contributed by atoms with Crippen LogP contribution in [0.15, 0.2) is 67.0 Å². The number of aromatic nitrogens is 2. The molecule has 3 aromatic rings. The minimum Gasteiger partial charge on any atom is -0.478 e. The molecule has 0 amide bonds. The van der Waals surface area contributed by atoms with E-state index in [4.69, 9.17) is 5.11 Å². The third-order valence-corrected chi connectivity index (χ3v) is 3.14. The lowest BCUT2D eigenvalue weighted by atomic mass is 10.1. The molecule has 0 spiro atoms. The fraction of sp³-hybridized carbons (Fsp3) is 0. The van der Waals surface area contributed by atoms with Crippen LogP contribution in [0, 0.1) is 0 Å². The predicted octanol–water partition coefficient (Wildman–Crippen LogP) is 4.01. The van der Waals surface area contributed by atoms with E-state index in [0.29, 0.717) is 5.82 Å². The Balaban J connectivity index is 0.00000192. The van der Waals surface area contributed by atoms with Crippen molar-refractivity contribution in [2.45, 2.75) is 0 Å². The zero-order chi connectivity index (χ0) is 15.4. The van der Waals surface area contributed by atoms with E-state index in [9.17, 15) is 4.79 Å². The summed E-state index contributed by atoms with van der Waals surface area (Å²) in [6.07, 6.45) is 1.50. The van der Waals surface area contributed by atoms with Crippen molar-refractivity contribution < 1.29 is 9.90 Å². The van der Waals surface area contributed by atoms with Gasteiger partial charge in [-0.25, -0.2) is 14.8 Å². The molecule has 0 unspecified atom stereocenters. The molecule has 0 aliphatic carbocycles. The highest BCUT2D eigenvalue weighted by atomic mass is 35.5. The number of aromatic carboxylic acids is 1. The molecule has 0 bridgehead atoms. The third kappa shape index (κ3) is 4.05. The summed E-state index contributed by atoms with van der Waals surface area (Å²) >= 11 is 0. The zero-order valence-electron chi connectivity index (χ0n) is 12.0. The highest BCUT2D eigenvalue weighted by Crippen LogP contribution is 2.21. The molecule has 5 nitrogen and oxygen atoms in total. The summed E-state index contributed by atoms with van der Waals surface area (Å²) in [6, 6.07) is 18.2. The number of nitrogens with zero attached hydrogens (tertiary/aromatic N) is 2. The molecule has 0 aliphatic heterocycles. The van der Waals surface area contributed by atoms with Gasteiger partial charge in [-0.3, -0.25) is 0 Å². The topological polar surface area (TPSA) is 75.1 Å². The predicted molar refractivity (Wildman–Crippen MR) is 91.4 cm³/mol. The summed E-state index contributed by atoms with van der Waals surface area (Å²) in [5.74, 6) is -0.295. The van der Waals surface area contributed by atoms with Crippen LogP contribution < -0.4 is 5.32 Å². The average molecular weight is 328 g/mol. The van der Waals surface area contributed by atoms with E-state index in [1.807, 2.05) is 36.4 Å². The van der Waals surface area contributed by atoms with Crippen molar-refractivity contribution in [3.63, 3.8) is 0 Å². The van der Waals surface area contributed by atoms with Crippen molar-refractivity contribution in [2.24, 2.45) is 0 Å². The Morgan fingerprint density at radius 3 is 2.30 bits per heavy atom. The van der Waals surface area contributed by atoms with Gasteiger partial charge in [0, 0.05) is 17.3 Å². The number of hydrogen-bond donors (Lipinski definition) is 2. The minimum atomic E-state index is -0.944. The number of benzene rings is 2. The monoisotopic (exact) mass is 327 g/mol. The van der Waals surface area contributed by atoms with Crippen molar-refractivity contribution in [1.29, 1.82) is 0 Å². The van der Waals surface area contributed by atoms with Gasteiger partial charge in [-0.1, -0.05) is 30.3 Å². The highest BCUT2D eigenvalue weighted by molar-refractivity contribution is 5.88. The van der Waals surface area contributed by atoms with Gasteiger partial charge in [0.25, 0.3) is 0 Å². The Labute approximate surface area is 139 Å². The molecule has 0 fully saturated rings. The van der Waals surface area contributed by atoms with Gasteiger partial charge in [-0.2, -0.15) is 0 Å². The number of rotatable bonds is 4. The first-order valence-corrected chi connectivity index (χ1v) is 6.70. The molecule has 23 heavy (non-hydrogen) atoms. The van der Waals surface area contributed by atoms with Crippen LogP contribution >= 0.6 is 12.4 Å². The Kier molecular flexibility index (Phi) is 5.28. The van der Waals surface area contributed by atoms with Gasteiger partial charge in [0.2, 0.25) is 0 Å². The number of carboxylic acid groups (broad SMARTS) is 1. The van der Waals surface area contributed by atoms with E-state index in [1.165, 1.54) is 6.33 Å². The molecule has 2 N–H and O–H groups in total. The van der Waals surface area contributed by atoms with Crippen LogP contribution in [0.4, 0.5) is 11.5 Å². The lowest BCUT2D eigenvalue weighted by Crippen LogP contribution is -1.98. The van der Waals surface area contributed by atoms with Crippen molar-refractivity contribution >= 4 is 29.9 Å². The molecule has 3 rings (SSSR count). The van der Waals surface area contributed by atoms with E-state index >= 15 is 0 Å². The Morgan fingerprint density at radius 2 is 1.65 bits per heavy atom. The number of carbonyl (C=O) groups is 1. The SMILES string of the molecule is Cl.O=C(O)c1ccc(Nc2cc(-c3ccccc3)ncn2)cc1. The second kappa shape index (κ2) is 7.38. The first-order chi connectivity index (χ1) is 10.7. The molecule has 1 aromatic heterocycles. The fourth-order valence-corrected chi connectivity index (χ4v) is 2.04. The summed E-state index contributed by atoms with van der Waals surface area (Å²) in [5, 5.41) is 12.0. The summed E-state index contributed by atoms with van der Waals surface area (Å²) in [4.78, 5) is 19.3. The lowest BCUT2D eigenvalue weighted by Gasteiger charge is -2.07. The number of carboxylic acids is 1. The fourth-order valence-electron chi connectivity index (χ4n) is 2.04. The first kappa shape index (κ1) is 16.5. The Bertz CT molecular complexity index is 792. The van der Waals surface area contributed by atoms with Crippen molar-refractivity contribution in [1.82, 2.24) is 9.97 Å². The quantitative estimate of drug-likeness (QED) is 0.757. The maximum Gasteiger partial charge on any atom is 0.335 e. The second-order valence-corrected chi connectivity index (χ2v) is 4.66. The van der Waals surface area contributed by atoms with E-state index in [-0.39, 0.29) is 18.0 Å². The molecule has 6 heteroatoms. The average Bonchev–Trinajstić information content (AvgIpc) is 2.56. The molecular formula is C17H14ClN3O2. The van der Waals surface area contributed by atoms with Crippen LogP contribution in [0.1, 0.15) is 10.4 Å². The summed E-state index contributed by atoms with van der Waals surface area (Å²) in [7, 11) is 0. The molecule has 0 aliphatic rings. The zero-order valence-corrected chi connectivity index (χ0v) is 12.8. The number of anilines is 2. The minimum absolute atomic E-state index is 0. The van der Waals surface area contributed by atoms with Crippen LogP contribution in [-0.2, 0) is 0 Å². The van der Waals surface area contributed by atoms with Gasteiger partial charge in [0.15, 0.2) is 0 Å². The van der Waals surface area contributed by atoms with Gasteiger partial charge in [-0.05, 0) is 24.3 Å². The first-order valence-electron chi connectivity index (χ1n) is 6.70. The van der Waals surface area contributed by atoms with Gasteiger partial charge in [0.05, 0.1) is 11.3 Å². The number of halogens is 1. The van der Waals surface area contributed by atoms with Crippen LogP contribution in [0.2, 0.25) is 0 Å². The molecule has 0 saturated heterocycles. The molecular weight excluding hydrogens is 314 g/mol. The molecule has 1 heterocycles. The largest absolute Gasteiger partial charge is 0.478 e. The van der Waals surface area contributed by atoms with Gasteiger partial charge < -0.3 is 10.4 Å². The smallest absolute Gasteiger partial charge is 0.335 e. The molecule has 2 aromatic carbocycles. The van der Waals surface area contributed by atoms with E-state index < -0.39 is 5.97 Å². The Morgan fingerprint density at radius 1 is 0.957 bits per heavy atom. The maximum absolute atomic E-state index is 10.8.